The number of carbonyl (C=O) groups excluding carboxylic acids is 2. The van der Waals surface area contributed by atoms with Crippen LogP contribution in [0.2, 0.25) is 0 Å². The molecule has 0 saturated carbocycles. The van der Waals surface area contributed by atoms with Crippen molar-refractivity contribution in [3.8, 4) is 0 Å². The monoisotopic (exact) mass is 369 g/mol. The summed E-state index contributed by atoms with van der Waals surface area (Å²) in [4.78, 5) is 30.7. The van der Waals surface area contributed by atoms with Crippen LogP contribution in [0.15, 0.2) is 35.0 Å². The molecule has 0 radical (unpaired) electrons. The number of carbonyl (C=O) groups is 2. The van der Waals surface area contributed by atoms with Crippen molar-refractivity contribution in [3.63, 3.8) is 0 Å². The van der Waals surface area contributed by atoms with E-state index in [1.165, 1.54) is 5.56 Å². The van der Waals surface area contributed by atoms with Crippen LogP contribution in [0.4, 0.5) is 5.69 Å². The molecule has 4 rings (SSSR count). The second kappa shape index (κ2) is 7.21. The van der Waals surface area contributed by atoms with Crippen LogP contribution in [0.5, 0.6) is 0 Å². The van der Waals surface area contributed by atoms with Crippen molar-refractivity contribution in [1.82, 2.24) is 9.80 Å². The number of thiophene rings is 1. The first-order valence-electron chi connectivity index (χ1n) is 9.05. The highest BCUT2D eigenvalue weighted by Crippen LogP contribution is 2.29. The highest BCUT2D eigenvalue weighted by molar-refractivity contribution is 7.07. The molecule has 1 fully saturated rings. The van der Waals surface area contributed by atoms with Crippen LogP contribution in [0, 0.1) is 0 Å². The smallest absolute Gasteiger partial charge is 0.253 e. The number of benzene rings is 1. The molecule has 5 nitrogen and oxygen atoms in total. The highest BCUT2D eigenvalue weighted by atomic mass is 32.1. The van der Waals surface area contributed by atoms with Gasteiger partial charge in [0.15, 0.2) is 0 Å². The molecular formula is C20H23N3O2S. The molecule has 0 atom stereocenters. The van der Waals surface area contributed by atoms with Crippen LogP contribution < -0.4 is 4.90 Å². The first-order valence-corrected chi connectivity index (χ1v) is 10.00. The van der Waals surface area contributed by atoms with Gasteiger partial charge in [-0.1, -0.05) is 0 Å². The maximum absolute atomic E-state index is 12.9. The normalized spacial score (nSPS) is 17.4. The van der Waals surface area contributed by atoms with Crippen LogP contribution in [-0.2, 0) is 17.8 Å². The van der Waals surface area contributed by atoms with Gasteiger partial charge in [0.1, 0.15) is 0 Å². The highest BCUT2D eigenvalue weighted by Gasteiger charge is 2.26. The number of amides is 2. The lowest BCUT2D eigenvalue weighted by molar-refractivity contribution is -0.116. The first kappa shape index (κ1) is 17.2. The fourth-order valence-corrected chi connectivity index (χ4v) is 4.45. The van der Waals surface area contributed by atoms with E-state index in [9.17, 15) is 9.59 Å². The summed E-state index contributed by atoms with van der Waals surface area (Å²) in [6.45, 7) is 6.60. The largest absolute Gasteiger partial charge is 0.336 e. The quantitative estimate of drug-likeness (QED) is 0.835. The van der Waals surface area contributed by atoms with E-state index in [1.54, 1.807) is 23.2 Å². The fourth-order valence-electron chi connectivity index (χ4n) is 3.79. The van der Waals surface area contributed by atoms with Gasteiger partial charge in [-0.2, -0.15) is 11.3 Å². The number of anilines is 1. The van der Waals surface area contributed by atoms with Gasteiger partial charge in [-0.3, -0.25) is 14.5 Å². The van der Waals surface area contributed by atoms with Crippen molar-refractivity contribution in [2.75, 3.05) is 37.6 Å². The van der Waals surface area contributed by atoms with Gasteiger partial charge in [-0.25, -0.2) is 0 Å². The molecule has 26 heavy (non-hydrogen) atoms. The van der Waals surface area contributed by atoms with Crippen molar-refractivity contribution < 1.29 is 9.59 Å². The number of hydrogen-bond donors (Lipinski definition) is 0. The molecule has 2 aromatic rings. The van der Waals surface area contributed by atoms with Gasteiger partial charge in [-0.15, -0.1) is 0 Å². The predicted octanol–water partition coefficient (Wildman–Crippen LogP) is 2.62. The maximum Gasteiger partial charge on any atom is 0.253 e. The minimum Gasteiger partial charge on any atom is -0.336 e. The molecule has 0 spiro atoms. The molecule has 1 saturated heterocycles. The van der Waals surface area contributed by atoms with Crippen molar-refractivity contribution in [1.29, 1.82) is 0 Å². The summed E-state index contributed by atoms with van der Waals surface area (Å²) in [5.74, 6) is 0.161. The van der Waals surface area contributed by atoms with E-state index in [0.717, 1.165) is 56.0 Å². The molecular weight excluding hydrogens is 346 g/mol. The van der Waals surface area contributed by atoms with Gasteiger partial charge in [0.05, 0.1) is 0 Å². The van der Waals surface area contributed by atoms with Crippen LogP contribution >= 0.6 is 11.3 Å². The minimum atomic E-state index is 0.0598. The summed E-state index contributed by atoms with van der Waals surface area (Å²) in [5, 5.41) is 4.29. The average molecular weight is 369 g/mol. The molecule has 2 amide bonds. The zero-order valence-corrected chi connectivity index (χ0v) is 15.8. The Kier molecular flexibility index (Phi) is 4.78. The minimum absolute atomic E-state index is 0.0598. The summed E-state index contributed by atoms with van der Waals surface area (Å²) in [5.41, 5.74) is 4.14. The van der Waals surface area contributed by atoms with Crippen molar-refractivity contribution in [2.45, 2.75) is 19.9 Å². The Morgan fingerprint density at radius 1 is 1.08 bits per heavy atom. The van der Waals surface area contributed by atoms with Gasteiger partial charge in [0.25, 0.3) is 5.91 Å². The van der Waals surface area contributed by atoms with Crippen molar-refractivity contribution in [2.24, 2.45) is 0 Å². The Balaban J connectivity index is 1.39. The second-order valence-corrected chi connectivity index (χ2v) is 7.74. The Morgan fingerprint density at radius 3 is 2.58 bits per heavy atom. The van der Waals surface area contributed by atoms with Gasteiger partial charge >= 0.3 is 0 Å². The number of piperazine rings is 1. The van der Waals surface area contributed by atoms with Gasteiger partial charge in [-0.05, 0) is 52.6 Å². The van der Waals surface area contributed by atoms with Gasteiger partial charge < -0.3 is 9.80 Å². The SMILES string of the molecule is CC(=O)N1CCc2cc(C(=O)N3CCN(Cc4ccsc4)CC3)ccc21. The number of fused-ring (bicyclic) bond motifs is 1. The number of rotatable bonds is 3. The lowest BCUT2D eigenvalue weighted by atomic mass is 10.1. The molecule has 1 aromatic carbocycles. The van der Waals surface area contributed by atoms with E-state index in [4.69, 9.17) is 0 Å². The Morgan fingerprint density at radius 2 is 1.88 bits per heavy atom. The van der Waals surface area contributed by atoms with E-state index in [2.05, 4.69) is 21.7 Å². The van der Waals surface area contributed by atoms with Crippen LogP contribution in [0.3, 0.4) is 0 Å². The summed E-state index contributed by atoms with van der Waals surface area (Å²) in [6, 6.07) is 7.92. The second-order valence-electron chi connectivity index (χ2n) is 6.96. The Hall–Kier alpha value is -2.18. The molecule has 0 aliphatic carbocycles. The molecule has 6 heteroatoms. The van der Waals surface area contributed by atoms with Crippen molar-refractivity contribution in [3.05, 3.63) is 51.7 Å². The standard InChI is InChI=1S/C20H23N3O2S/c1-15(24)23-6-4-17-12-18(2-3-19(17)23)20(25)22-9-7-21(8-10-22)13-16-5-11-26-14-16/h2-3,5,11-12,14H,4,6-10,13H2,1H3. The summed E-state index contributed by atoms with van der Waals surface area (Å²) < 4.78 is 0. The Labute approximate surface area is 157 Å². The molecule has 0 bridgehead atoms. The summed E-state index contributed by atoms with van der Waals surface area (Å²) in [7, 11) is 0. The lowest BCUT2D eigenvalue weighted by Gasteiger charge is -2.34. The van der Waals surface area contributed by atoms with Crippen LogP contribution in [-0.4, -0.2) is 54.3 Å². The van der Waals surface area contributed by atoms with E-state index in [1.807, 2.05) is 23.1 Å². The van der Waals surface area contributed by atoms with Gasteiger partial charge in [0.2, 0.25) is 5.91 Å². The first-order chi connectivity index (χ1) is 12.6. The molecule has 2 aliphatic rings. The maximum atomic E-state index is 12.9. The van der Waals surface area contributed by atoms with Crippen LogP contribution in [0.25, 0.3) is 0 Å². The zero-order valence-electron chi connectivity index (χ0n) is 15.0. The van der Waals surface area contributed by atoms with E-state index < -0.39 is 0 Å². The van der Waals surface area contributed by atoms with Crippen molar-refractivity contribution >= 4 is 28.8 Å². The summed E-state index contributed by atoms with van der Waals surface area (Å²) in [6.07, 6.45) is 0.824. The fraction of sp³-hybridized carbons (Fsp3) is 0.400. The third-order valence-corrected chi connectivity index (χ3v) is 5.98. The number of hydrogen-bond acceptors (Lipinski definition) is 4. The van der Waals surface area contributed by atoms with Crippen LogP contribution in [0.1, 0.15) is 28.4 Å². The average Bonchev–Trinajstić information content (AvgIpc) is 3.30. The molecule has 136 valence electrons. The molecule has 1 aromatic heterocycles. The molecule has 0 N–H and O–H groups in total. The summed E-state index contributed by atoms with van der Waals surface area (Å²) >= 11 is 1.73. The zero-order chi connectivity index (χ0) is 18.1. The predicted molar refractivity (Wildman–Crippen MR) is 104 cm³/mol. The topological polar surface area (TPSA) is 43.9 Å². The number of nitrogens with zero attached hydrogens (tertiary/aromatic N) is 3. The molecule has 2 aliphatic heterocycles. The Bertz CT molecular complexity index is 810. The van der Waals surface area contributed by atoms with E-state index in [-0.39, 0.29) is 11.8 Å². The third kappa shape index (κ3) is 3.39. The van der Waals surface area contributed by atoms with E-state index >= 15 is 0 Å². The lowest BCUT2D eigenvalue weighted by Crippen LogP contribution is -2.48. The van der Waals surface area contributed by atoms with E-state index in [0.29, 0.717) is 6.54 Å². The third-order valence-electron chi connectivity index (χ3n) is 5.25. The molecule has 3 heterocycles. The van der Waals surface area contributed by atoms with Gasteiger partial charge in [0, 0.05) is 57.4 Å². The molecule has 0 unspecified atom stereocenters.